The van der Waals surface area contributed by atoms with Crippen LogP contribution in [-0.2, 0) is 0 Å². The Morgan fingerprint density at radius 3 is 3.07 bits per heavy atom. The smallest absolute Gasteiger partial charge is 0.120 e. The van der Waals surface area contributed by atoms with Gasteiger partial charge in [0.25, 0.3) is 0 Å². The summed E-state index contributed by atoms with van der Waals surface area (Å²) in [6, 6.07) is 8.64. The van der Waals surface area contributed by atoms with Gasteiger partial charge >= 0.3 is 0 Å². The summed E-state index contributed by atoms with van der Waals surface area (Å²) in [6.07, 6.45) is 1.24. The van der Waals surface area contributed by atoms with E-state index in [4.69, 9.17) is 4.74 Å². The van der Waals surface area contributed by atoms with E-state index in [2.05, 4.69) is 21.2 Å². The molecule has 0 aliphatic heterocycles. The van der Waals surface area contributed by atoms with Gasteiger partial charge in [0.15, 0.2) is 0 Å². The van der Waals surface area contributed by atoms with Gasteiger partial charge in [0, 0.05) is 16.4 Å². The van der Waals surface area contributed by atoms with E-state index in [9.17, 15) is 0 Å². The molecule has 0 bridgehead atoms. The van der Waals surface area contributed by atoms with E-state index < -0.39 is 0 Å². The first-order valence-corrected chi connectivity index (χ1v) is 5.64. The van der Waals surface area contributed by atoms with Crippen LogP contribution in [0, 0.1) is 5.92 Å². The maximum atomic E-state index is 5.67. The molecule has 2 nitrogen and oxygen atoms in total. The Bertz CT molecular complexity index is 316. The second-order valence-electron chi connectivity index (χ2n) is 3.66. The SMILES string of the molecule is CNC1CC1COc1cccc(Br)c1. The van der Waals surface area contributed by atoms with Gasteiger partial charge in [-0.05, 0) is 31.7 Å². The Kier molecular flexibility index (Phi) is 3.08. The van der Waals surface area contributed by atoms with Gasteiger partial charge < -0.3 is 10.1 Å². The molecule has 2 unspecified atom stereocenters. The van der Waals surface area contributed by atoms with Gasteiger partial charge in [-0.25, -0.2) is 0 Å². The first-order chi connectivity index (χ1) is 6.79. The highest BCUT2D eigenvalue weighted by molar-refractivity contribution is 9.10. The van der Waals surface area contributed by atoms with Crippen LogP contribution in [-0.4, -0.2) is 19.7 Å². The lowest BCUT2D eigenvalue weighted by molar-refractivity contribution is 0.294. The summed E-state index contributed by atoms with van der Waals surface area (Å²) in [7, 11) is 2.00. The van der Waals surface area contributed by atoms with Crippen LogP contribution in [0.3, 0.4) is 0 Å². The molecule has 0 spiro atoms. The van der Waals surface area contributed by atoms with E-state index in [1.165, 1.54) is 6.42 Å². The number of ether oxygens (including phenoxy) is 1. The zero-order chi connectivity index (χ0) is 9.97. The normalized spacial score (nSPS) is 24.7. The Morgan fingerprint density at radius 2 is 2.43 bits per heavy atom. The number of hydrogen-bond donors (Lipinski definition) is 1. The van der Waals surface area contributed by atoms with Crippen molar-refractivity contribution < 1.29 is 4.74 Å². The van der Waals surface area contributed by atoms with Gasteiger partial charge in [0.2, 0.25) is 0 Å². The Hall–Kier alpha value is -0.540. The zero-order valence-corrected chi connectivity index (χ0v) is 9.75. The third-order valence-electron chi connectivity index (χ3n) is 2.55. The molecule has 0 heterocycles. The predicted octanol–water partition coefficient (Wildman–Crippen LogP) is 2.44. The standard InChI is InChI=1S/C11H14BrNO/c1-13-11-5-8(11)7-14-10-4-2-3-9(12)6-10/h2-4,6,8,11,13H,5,7H2,1H3. The lowest BCUT2D eigenvalue weighted by Crippen LogP contribution is -2.14. The first kappa shape index (κ1) is 9.99. The molecule has 1 N–H and O–H groups in total. The highest BCUT2D eigenvalue weighted by Crippen LogP contribution is 2.30. The summed E-state index contributed by atoms with van der Waals surface area (Å²) in [5.74, 6) is 1.64. The average molecular weight is 256 g/mol. The fourth-order valence-corrected chi connectivity index (χ4v) is 1.92. The minimum Gasteiger partial charge on any atom is -0.493 e. The molecule has 2 atom stereocenters. The predicted molar refractivity (Wildman–Crippen MR) is 60.6 cm³/mol. The van der Waals surface area contributed by atoms with E-state index in [-0.39, 0.29) is 0 Å². The molecule has 0 amide bonds. The summed E-state index contributed by atoms with van der Waals surface area (Å²) in [5, 5.41) is 3.25. The van der Waals surface area contributed by atoms with Crippen LogP contribution in [0.1, 0.15) is 6.42 Å². The molecule has 76 valence electrons. The molecule has 1 aromatic rings. The summed E-state index contributed by atoms with van der Waals surface area (Å²) in [5.41, 5.74) is 0. The van der Waals surface area contributed by atoms with E-state index in [0.717, 1.165) is 16.8 Å². The Labute approximate surface area is 92.8 Å². The van der Waals surface area contributed by atoms with Crippen LogP contribution in [0.2, 0.25) is 0 Å². The van der Waals surface area contributed by atoms with Crippen molar-refractivity contribution in [3.05, 3.63) is 28.7 Å². The number of halogens is 1. The molecule has 1 aromatic carbocycles. The van der Waals surface area contributed by atoms with Crippen LogP contribution in [0.4, 0.5) is 0 Å². The molecule has 0 radical (unpaired) electrons. The van der Waals surface area contributed by atoms with Crippen molar-refractivity contribution in [3.63, 3.8) is 0 Å². The van der Waals surface area contributed by atoms with E-state index in [1.54, 1.807) is 0 Å². The zero-order valence-electron chi connectivity index (χ0n) is 8.16. The third kappa shape index (κ3) is 2.49. The van der Waals surface area contributed by atoms with Crippen molar-refractivity contribution in [1.29, 1.82) is 0 Å². The van der Waals surface area contributed by atoms with Crippen molar-refractivity contribution in [2.75, 3.05) is 13.7 Å². The third-order valence-corrected chi connectivity index (χ3v) is 3.05. The summed E-state index contributed by atoms with van der Waals surface area (Å²) in [6.45, 7) is 0.821. The minimum atomic E-state index is 0.669. The number of nitrogens with one attached hydrogen (secondary N) is 1. The monoisotopic (exact) mass is 255 g/mol. The quantitative estimate of drug-likeness (QED) is 0.893. The van der Waals surface area contributed by atoms with Crippen LogP contribution in [0.15, 0.2) is 28.7 Å². The number of rotatable bonds is 4. The summed E-state index contributed by atoms with van der Waals surface area (Å²) < 4.78 is 6.74. The van der Waals surface area contributed by atoms with E-state index in [0.29, 0.717) is 12.0 Å². The number of hydrogen-bond acceptors (Lipinski definition) is 2. The van der Waals surface area contributed by atoms with Crippen LogP contribution in [0.5, 0.6) is 5.75 Å². The van der Waals surface area contributed by atoms with Gasteiger partial charge in [-0.1, -0.05) is 22.0 Å². The van der Waals surface area contributed by atoms with Gasteiger partial charge in [-0.2, -0.15) is 0 Å². The minimum absolute atomic E-state index is 0.669. The molecule has 1 fully saturated rings. The highest BCUT2D eigenvalue weighted by Gasteiger charge is 2.36. The number of benzene rings is 1. The topological polar surface area (TPSA) is 21.3 Å². The van der Waals surface area contributed by atoms with Crippen molar-refractivity contribution in [2.24, 2.45) is 5.92 Å². The summed E-state index contributed by atoms with van der Waals surface area (Å²) in [4.78, 5) is 0. The van der Waals surface area contributed by atoms with Crippen molar-refractivity contribution >= 4 is 15.9 Å². The highest BCUT2D eigenvalue weighted by atomic mass is 79.9. The molecule has 1 aliphatic carbocycles. The molecule has 0 saturated heterocycles. The molecular formula is C11H14BrNO. The van der Waals surface area contributed by atoms with Gasteiger partial charge in [-0.15, -0.1) is 0 Å². The molecule has 3 heteroatoms. The lowest BCUT2D eigenvalue weighted by atomic mass is 10.3. The molecule has 0 aromatic heterocycles. The maximum Gasteiger partial charge on any atom is 0.120 e. The molecule has 1 saturated carbocycles. The molecular weight excluding hydrogens is 242 g/mol. The molecule has 2 rings (SSSR count). The van der Waals surface area contributed by atoms with Crippen LogP contribution >= 0.6 is 15.9 Å². The first-order valence-electron chi connectivity index (χ1n) is 4.85. The Balaban J connectivity index is 1.81. The summed E-state index contributed by atoms with van der Waals surface area (Å²) >= 11 is 3.42. The van der Waals surface area contributed by atoms with Crippen molar-refractivity contribution in [2.45, 2.75) is 12.5 Å². The fraction of sp³-hybridized carbons (Fsp3) is 0.455. The maximum absolute atomic E-state index is 5.67. The van der Waals surface area contributed by atoms with Gasteiger partial charge in [0.1, 0.15) is 5.75 Å². The lowest BCUT2D eigenvalue weighted by Gasteiger charge is -2.05. The van der Waals surface area contributed by atoms with Crippen LogP contribution < -0.4 is 10.1 Å². The van der Waals surface area contributed by atoms with Gasteiger partial charge in [-0.3, -0.25) is 0 Å². The van der Waals surface area contributed by atoms with Crippen molar-refractivity contribution in [1.82, 2.24) is 5.32 Å². The largest absolute Gasteiger partial charge is 0.493 e. The second-order valence-corrected chi connectivity index (χ2v) is 4.58. The fourth-order valence-electron chi connectivity index (χ4n) is 1.55. The van der Waals surface area contributed by atoms with Crippen molar-refractivity contribution in [3.8, 4) is 5.75 Å². The molecule has 1 aliphatic rings. The van der Waals surface area contributed by atoms with E-state index in [1.807, 2.05) is 31.3 Å². The van der Waals surface area contributed by atoms with Gasteiger partial charge in [0.05, 0.1) is 6.61 Å². The average Bonchev–Trinajstić information content (AvgIpc) is 2.93. The molecule has 14 heavy (non-hydrogen) atoms. The Morgan fingerprint density at radius 1 is 1.57 bits per heavy atom. The van der Waals surface area contributed by atoms with Crippen LogP contribution in [0.25, 0.3) is 0 Å². The second kappa shape index (κ2) is 4.32. The van der Waals surface area contributed by atoms with E-state index >= 15 is 0 Å².